The van der Waals surface area contributed by atoms with Crippen molar-refractivity contribution in [2.75, 3.05) is 31.8 Å². The molecular formula is C10H18ClNO4S. The van der Waals surface area contributed by atoms with Gasteiger partial charge in [0.2, 0.25) is 10.0 Å². The number of carbonyl (C=O) groups excluding carboxylic acids is 1. The van der Waals surface area contributed by atoms with Crippen LogP contribution in [0, 0.1) is 5.92 Å². The van der Waals surface area contributed by atoms with Crippen molar-refractivity contribution in [3.8, 4) is 0 Å². The minimum atomic E-state index is -3.24. The van der Waals surface area contributed by atoms with Gasteiger partial charge in [-0.3, -0.25) is 4.79 Å². The van der Waals surface area contributed by atoms with Crippen molar-refractivity contribution in [2.24, 2.45) is 5.92 Å². The van der Waals surface area contributed by atoms with Crippen LogP contribution in [0.25, 0.3) is 0 Å². The lowest BCUT2D eigenvalue weighted by Crippen LogP contribution is -2.32. The third-order valence-electron chi connectivity index (χ3n) is 2.86. The molecule has 1 atom stereocenters. The number of nitrogens with zero attached hydrogens (tertiary/aromatic N) is 1. The number of ether oxygens (including phenoxy) is 1. The second kappa shape index (κ2) is 6.56. The van der Waals surface area contributed by atoms with Crippen LogP contribution in [0.15, 0.2) is 0 Å². The molecule has 1 aliphatic heterocycles. The average Bonchev–Trinajstić information content (AvgIpc) is 2.78. The predicted octanol–water partition coefficient (Wildman–Crippen LogP) is 0.830. The maximum atomic E-state index is 11.9. The minimum absolute atomic E-state index is 0.105. The molecule has 17 heavy (non-hydrogen) atoms. The summed E-state index contributed by atoms with van der Waals surface area (Å²) >= 11 is 5.50. The Balaban J connectivity index is 2.49. The van der Waals surface area contributed by atoms with Crippen molar-refractivity contribution in [3.05, 3.63) is 0 Å². The summed E-state index contributed by atoms with van der Waals surface area (Å²) < 4.78 is 29.8. The van der Waals surface area contributed by atoms with Gasteiger partial charge in [-0.1, -0.05) is 0 Å². The van der Waals surface area contributed by atoms with E-state index in [0.717, 1.165) is 0 Å². The predicted molar refractivity (Wildman–Crippen MR) is 65.4 cm³/mol. The van der Waals surface area contributed by atoms with Crippen LogP contribution in [0.5, 0.6) is 0 Å². The first-order valence-corrected chi connectivity index (χ1v) is 7.77. The molecule has 1 rings (SSSR count). The number of sulfonamides is 1. The van der Waals surface area contributed by atoms with E-state index >= 15 is 0 Å². The highest BCUT2D eigenvalue weighted by molar-refractivity contribution is 7.89. The smallest absolute Gasteiger partial charge is 0.310 e. The average molecular weight is 284 g/mol. The maximum absolute atomic E-state index is 11.9. The second-order valence-electron chi connectivity index (χ2n) is 4.08. The Hall–Kier alpha value is -0.330. The molecule has 0 amide bonds. The number of halogens is 1. The number of alkyl halides is 1. The molecule has 0 aliphatic carbocycles. The molecule has 7 heteroatoms. The molecule has 0 aromatic heterocycles. The molecule has 100 valence electrons. The quantitative estimate of drug-likeness (QED) is 0.411. The molecule has 1 unspecified atom stereocenters. The highest BCUT2D eigenvalue weighted by Gasteiger charge is 2.34. The van der Waals surface area contributed by atoms with E-state index in [-0.39, 0.29) is 24.2 Å². The van der Waals surface area contributed by atoms with Crippen molar-refractivity contribution < 1.29 is 17.9 Å². The van der Waals surface area contributed by atoms with E-state index in [1.807, 2.05) is 0 Å². The van der Waals surface area contributed by atoms with Crippen LogP contribution in [0.4, 0.5) is 0 Å². The maximum Gasteiger partial charge on any atom is 0.310 e. The fourth-order valence-electron chi connectivity index (χ4n) is 1.85. The molecular weight excluding hydrogens is 266 g/mol. The fraction of sp³-hybridized carbons (Fsp3) is 0.900. The minimum Gasteiger partial charge on any atom is -0.469 e. The molecule has 5 nitrogen and oxygen atoms in total. The van der Waals surface area contributed by atoms with E-state index < -0.39 is 10.0 Å². The molecule has 0 aromatic carbocycles. The Bertz CT molecular complexity index is 357. The standard InChI is InChI=1S/C10H18ClNO4S/c1-16-10(13)9-4-6-12(8-9)17(14,15)7-3-2-5-11/h9H,2-8H2,1H3. The zero-order valence-electron chi connectivity index (χ0n) is 9.89. The van der Waals surface area contributed by atoms with E-state index in [1.54, 1.807) is 0 Å². The van der Waals surface area contributed by atoms with Gasteiger partial charge in [0, 0.05) is 19.0 Å². The molecule has 0 N–H and O–H groups in total. The summed E-state index contributed by atoms with van der Waals surface area (Å²) in [7, 11) is -1.92. The van der Waals surface area contributed by atoms with Crippen molar-refractivity contribution >= 4 is 27.6 Å². The molecule has 1 saturated heterocycles. The summed E-state index contributed by atoms with van der Waals surface area (Å²) in [5, 5.41) is 0. The van der Waals surface area contributed by atoms with Crippen molar-refractivity contribution in [1.82, 2.24) is 4.31 Å². The van der Waals surface area contributed by atoms with E-state index in [2.05, 4.69) is 4.74 Å². The number of hydrogen-bond donors (Lipinski definition) is 0. The van der Waals surface area contributed by atoms with Gasteiger partial charge in [-0.2, -0.15) is 0 Å². The van der Waals surface area contributed by atoms with Crippen molar-refractivity contribution in [1.29, 1.82) is 0 Å². The number of methoxy groups -OCH3 is 1. The first-order chi connectivity index (χ1) is 8.01. The van der Waals surface area contributed by atoms with Gasteiger partial charge in [0.15, 0.2) is 0 Å². The SMILES string of the molecule is COC(=O)C1CCN(S(=O)(=O)CCCCCl)C1. The summed E-state index contributed by atoms with van der Waals surface area (Å²) in [4.78, 5) is 11.3. The van der Waals surface area contributed by atoms with E-state index in [0.29, 0.717) is 31.7 Å². The molecule has 0 spiro atoms. The van der Waals surface area contributed by atoms with Gasteiger partial charge < -0.3 is 4.74 Å². The molecule has 0 saturated carbocycles. The lowest BCUT2D eigenvalue weighted by atomic mass is 10.1. The summed E-state index contributed by atoms with van der Waals surface area (Å²) in [5.41, 5.74) is 0. The van der Waals surface area contributed by atoms with Crippen molar-refractivity contribution in [2.45, 2.75) is 19.3 Å². The largest absolute Gasteiger partial charge is 0.469 e. The van der Waals surface area contributed by atoms with Crippen molar-refractivity contribution in [3.63, 3.8) is 0 Å². The van der Waals surface area contributed by atoms with Crippen LogP contribution in [-0.2, 0) is 19.6 Å². The summed E-state index contributed by atoms with van der Waals surface area (Å²) in [6.07, 6.45) is 1.79. The Morgan fingerprint density at radius 2 is 2.18 bits per heavy atom. The Morgan fingerprint density at radius 3 is 2.76 bits per heavy atom. The number of hydrogen-bond acceptors (Lipinski definition) is 4. The van der Waals surface area contributed by atoms with Gasteiger partial charge in [0.1, 0.15) is 0 Å². The molecule has 1 fully saturated rings. The highest BCUT2D eigenvalue weighted by atomic mass is 35.5. The first kappa shape index (κ1) is 14.7. The van der Waals surface area contributed by atoms with E-state index in [4.69, 9.17) is 11.6 Å². The lowest BCUT2D eigenvalue weighted by molar-refractivity contribution is -0.144. The van der Waals surface area contributed by atoms with E-state index in [1.165, 1.54) is 11.4 Å². The third-order valence-corrected chi connectivity index (χ3v) is 5.06. The molecule has 1 aliphatic rings. The van der Waals surface area contributed by atoms with Crippen LogP contribution in [0.2, 0.25) is 0 Å². The number of unbranched alkanes of at least 4 members (excludes halogenated alkanes) is 1. The lowest BCUT2D eigenvalue weighted by Gasteiger charge is -2.15. The molecule has 1 heterocycles. The summed E-state index contributed by atoms with van der Waals surface area (Å²) in [6, 6.07) is 0. The van der Waals surface area contributed by atoms with E-state index in [9.17, 15) is 13.2 Å². The summed E-state index contributed by atoms with van der Waals surface area (Å²) in [5.74, 6) is -0.0697. The van der Waals surface area contributed by atoms with Gasteiger partial charge >= 0.3 is 5.97 Å². The zero-order valence-corrected chi connectivity index (χ0v) is 11.5. The Kier molecular flexibility index (Phi) is 5.69. The molecule has 0 aromatic rings. The van der Waals surface area contributed by atoms with Crippen LogP contribution in [0.1, 0.15) is 19.3 Å². The van der Waals surface area contributed by atoms with Crippen LogP contribution >= 0.6 is 11.6 Å². The van der Waals surface area contributed by atoms with Crippen LogP contribution in [0.3, 0.4) is 0 Å². The van der Waals surface area contributed by atoms with Gasteiger partial charge in [-0.05, 0) is 19.3 Å². The summed E-state index contributed by atoms with van der Waals surface area (Å²) in [6.45, 7) is 0.652. The Morgan fingerprint density at radius 1 is 1.47 bits per heavy atom. The second-order valence-corrected chi connectivity index (χ2v) is 6.55. The highest BCUT2D eigenvalue weighted by Crippen LogP contribution is 2.21. The van der Waals surface area contributed by atoms with Crippen LogP contribution < -0.4 is 0 Å². The normalized spacial score (nSPS) is 21.6. The van der Waals surface area contributed by atoms with Gasteiger partial charge in [-0.15, -0.1) is 11.6 Å². The Labute approximate surface area is 107 Å². The monoisotopic (exact) mass is 283 g/mol. The number of carbonyl (C=O) groups is 1. The number of rotatable bonds is 6. The number of esters is 1. The first-order valence-electron chi connectivity index (χ1n) is 5.63. The molecule has 0 radical (unpaired) electrons. The fourth-order valence-corrected chi connectivity index (χ4v) is 3.65. The van der Waals surface area contributed by atoms with Gasteiger partial charge in [0.25, 0.3) is 0 Å². The topological polar surface area (TPSA) is 63.7 Å². The van der Waals surface area contributed by atoms with Crippen LogP contribution in [-0.4, -0.2) is 50.5 Å². The molecule has 0 bridgehead atoms. The van der Waals surface area contributed by atoms with Gasteiger partial charge in [0.05, 0.1) is 18.8 Å². The van der Waals surface area contributed by atoms with Gasteiger partial charge in [-0.25, -0.2) is 12.7 Å². The zero-order chi connectivity index (χ0) is 12.9. The third kappa shape index (κ3) is 4.12.